The third kappa shape index (κ3) is 5.63. The molecule has 0 unspecified atom stereocenters. The second kappa shape index (κ2) is 7.87. The van der Waals surface area contributed by atoms with E-state index in [0.29, 0.717) is 12.2 Å². The van der Waals surface area contributed by atoms with Crippen molar-refractivity contribution >= 4 is 11.7 Å². The van der Waals surface area contributed by atoms with Crippen LogP contribution in [0.15, 0.2) is 18.2 Å². The molecule has 0 heterocycles. The lowest BCUT2D eigenvalue weighted by atomic mass is 10.1. The summed E-state index contributed by atoms with van der Waals surface area (Å²) >= 11 is 0. The van der Waals surface area contributed by atoms with E-state index in [-0.39, 0.29) is 6.61 Å². The molecule has 1 aromatic carbocycles. The van der Waals surface area contributed by atoms with Crippen LogP contribution in [0, 0.1) is 0 Å². The number of carboxylic acid groups (broad SMARTS) is 1. The van der Waals surface area contributed by atoms with Crippen molar-refractivity contribution in [3.05, 3.63) is 29.3 Å². The van der Waals surface area contributed by atoms with Gasteiger partial charge in [0.1, 0.15) is 0 Å². The maximum Gasteiger partial charge on any atom is 0.417 e. The summed E-state index contributed by atoms with van der Waals surface area (Å²) in [4.78, 5) is 10.9. The SMILES string of the molecule is O=C(O)c1cc(NCCCCCCO)ccc1C(F)(F)F. The minimum Gasteiger partial charge on any atom is -0.478 e. The van der Waals surface area contributed by atoms with E-state index in [1.807, 2.05) is 0 Å². The van der Waals surface area contributed by atoms with Crippen molar-refractivity contribution in [1.82, 2.24) is 0 Å². The van der Waals surface area contributed by atoms with E-state index in [9.17, 15) is 18.0 Å². The summed E-state index contributed by atoms with van der Waals surface area (Å²) in [7, 11) is 0. The zero-order chi connectivity index (χ0) is 15.9. The molecule has 0 aliphatic carbocycles. The third-order valence-electron chi connectivity index (χ3n) is 2.97. The average molecular weight is 305 g/mol. The van der Waals surface area contributed by atoms with E-state index in [2.05, 4.69) is 5.32 Å². The van der Waals surface area contributed by atoms with E-state index >= 15 is 0 Å². The van der Waals surface area contributed by atoms with Crippen molar-refractivity contribution in [2.24, 2.45) is 0 Å². The fourth-order valence-corrected chi connectivity index (χ4v) is 1.90. The van der Waals surface area contributed by atoms with Crippen LogP contribution in [0.5, 0.6) is 0 Å². The van der Waals surface area contributed by atoms with Crippen LogP contribution in [0.25, 0.3) is 0 Å². The van der Waals surface area contributed by atoms with Gasteiger partial charge in [0, 0.05) is 18.8 Å². The van der Waals surface area contributed by atoms with Crippen molar-refractivity contribution in [2.75, 3.05) is 18.5 Å². The molecule has 7 heteroatoms. The number of hydrogen-bond acceptors (Lipinski definition) is 3. The summed E-state index contributed by atoms with van der Waals surface area (Å²) in [5.41, 5.74) is -1.56. The van der Waals surface area contributed by atoms with Crippen LogP contribution < -0.4 is 5.32 Å². The Hall–Kier alpha value is -1.76. The van der Waals surface area contributed by atoms with Crippen molar-refractivity contribution in [3.8, 4) is 0 Å². The van der Waals surface area contributed by atoms with Gasteiger partial charge >= 0.3 is 12.1 Å². The first kappa shape index (κ1) is 17.3. The summed E-state index contributed by atoms with van der Waals surface area (Å²) in [6.45, 7) is 0.685. The van der Waals surface area contributed by atoms with Crippen LogP contribution in [0.4, 0.5) is 18.9 Å². The number of aliphatic hydroxyl groups is 1. The van der Waals surface area contributed by atoms with Crippen LogP contribution >= 0.6 is 0 Å². The molecule has 0 saturated heterocycles. The molecule has 3 N–H and O–H groups in total. The van der Waals surface area contributed by atoms with Crippen molar-refractivity contribution in [1.29, 1.82) is 0 Å². The molecule has 21 heavy (non-hydrogen) atoms. The van der Waals surface area contributed by atoms with E-state index in [1.165, 1.54) is 6.07 Å². The number of aliphatic hydroxyl groups excluding tert-OH is 1. The van der Waals surface area contributed by atoms with Gasteiger partial charge in [0.15, 0.2) is 0 Å². The molecule has 118 valence electrons. The second-order valence-corrected chi connectivity index (χ2v) is 4.63. The van der Waals surface area contributed by atoms with Gasteiger partial charge in [0.25, 0.3) is 0 Å². The molecule has 0 atom stereocenters. The predicted molar refractivity (Wildman–Crippen MR) is 72.4 cm³/mol. The van der Waals surface area contributed by atoms with E-state index in [4.69, 9.17) is 10.2 Å². The van der Waals surface area contributed by atoms with Crippen LogP contribution in [0.2, 0.25) is 0 Å². The molecular weight excluding hydrogens is 287 g/mol. The quantitative estimate of drug-likeness (QED) is 0.644. The Balaban J connectivity index is 2.65. The van der Waals surface area contributed by atoms with Crippen LogP contribution in [0.3, 0.4) is 0 Å². The number of aromatic carboxylic acids is 1. The number of rotatable bonds is 8. The summed E-state index contributed by atoms with van der Waals surface area (Å²) in [6.07, 6.45) is -1.39. The molecule has 0 amide bonds. The lowest BCUT2D eigenvalue weighted by Crippen LogP contribution is -2.13. The van der Waals surface area contributed by atoms with Crippen molar-refractivity contribution in [2.45, 2.75) is 31.9 Å². The zero-order valence-electron chi connectivity index (χ0n) is 11.4. The highest BCUT2D eigenvalue weighted by atomic mass is 19.4. The number of anilines is 1. The molecule has 0 aliphatic heterocycles. The van der Waals surface area contributed by atoms with Gasteiger partial charge in [0.05, 0.1) is 11.1 Å². The van der Waals surface area contributed by atoms with Crippen molar-refractivity contribution in [3.63, 3.8) is 0 Å². The van der Waals surface area contributed by atoms with Crippen LogP contribution in [-0.2, 0) is 6.18 Å². The van der Waals surface area contributed by atoms with Gasteiger partial charge in [-0.3, -0.25) is 0 Å². The zero-order valence-corrected chi connectivity index (χ0v) is 11.4. The molecule has 0 aromatic heterocycles. The molecule has 0 bridgehead atoms. The second-order valence-electron chi connectivity index (χ2n) is 4.63. The Bertz CT molecular complexity index is 475. The topological polar surface area (TPSA) is 69.6 Å². The van der Waals surface area contributed by atoms with Crippen LogP contribution in [-0.4, -0.2) is 29.3 Å². The number of alkyl halides is 3. The number of nitrogens with one attached hydrogen (secondary N) is 1. The van der Waals surface area contributed by atoms with Crippen molar-refractivity contribution < 1.29 is 28.2 Å². The summed E-state index contributed by atoms with van der Waals surface area (Å²) in [5.74, 6) is -1.60. The smallest absolute Gasteiger partial charge is 0.417 e. The first-order valence-electron chi connectivity index (χ1n) is 6.65. The fraction of sp³-hybridized carbons (Fsp3) is 0.500. The normalized spacial score (nSPS) is 11.4. The maximum absolute atomic E-state index is 12.7. The molecule has 0 saturated carbocycles. The lowest BCUT2D eigenvalue weighted by Gasteiger charge is -2.13. The lowest BCUT2D eigenvalue weighted by molar-refractivity contribution is -0.138. The van der Waals surface area contributed by atoms with Crippen LogP contribution in [0.1, 0.15) is 41.6 Å². The molecular formula is C14H18F3NO3. The highest BCUT2D eigenvalue weighted by Crippen LogP contribution is 2.33. The Morgan fingerprint density at radius 1 is 1.14 bits per heavy atom. The van der Waals surface area contributed by atoms with Gasteiger partial charge in [-0.25, -0.2) is 4.79 Å². The first-order chi connectivity index (χ1) is 9.86. The first-order valence-corrected chi connectivity index (χ1v) is 6.65. The van der Waals surface area contributed by atoms with Gasteiger partial charge in [-0.15, -0.1) is 0 Å². The summed E-state index contributed by atoms with van der Waals surface area (Å²) in [6, 6.07) is 3.00. The monoisotopic (exact) mass is 305 g/mol. The molecule has 1 aromatic rings. The minimum absolute atomic E-state index is 0.147. The Kier molecular flexibility index (Phi) is 6.48. The maximum atomic E-state index is 12.7. The third-order valence-corrected chi connectivity index (χ3v) is 2.97. The van der Waals surface area contributed by atoms with E-state index in [0.717, 1.165) is 37.8 Å². The molecule has 0 radical (unpaired) electrons. The number of unbranched alkanes of at least 4 members (excludes halogenated alkanes) is 3. The standard InChI is InChI=1S/C14H18F3NO3/c15-14(16,17)12-6-5-10(9-11(12)13(20)21)18-7-3-1-2-4-8-19/h5-6,9,18-19H,1-4,7-8H2,(H,20,21). The summed E-state index contributed by atoms with van der Waals surface area (Å²) in [5, 5.41) is 20.4. The number of benzene rings is 1. The molecule has 0 spiro atoms. The Morgan fingerprint density at radius 3 is 2.38 bits per heavy atom. The van der Waals surface area contributed by atoms with E-state index < -0.39 is 23.3 Å². The number of hydrogen-bond donors (Lipinski definition) is 3. The largest absolute Gasteiger partial charge is 0.478 e. The number of halogens is 3. The Labute approximate surface area is 120 Å². The van der Waals surface area contributed by atoms with Gasteiger partial charge in [-0.2, -0.15) is 13.2 Å². The predicted octanol–water partition coefficient (Wildman–Crippen LogP) is 3.37. The van der Waals surface area contributed by atoms with Gasteiger partial charge in [-0.05, 0) is 31.0 Å². The highest BCUT2D eigenvalue weighted by Gasteiger charge is 2.35. The molecule has 4 nitrogen and oxygen atoms in total. The van der Waals surface area contributed by atoms with Gasteiger partial charge in [0.2, 0.25) is 0 Å². The fourth-order valence-electron chi connectivity index (χ4n) is 1.90. The molecule has 0 aliphatic rings. The highest BCUT2D eigenvalue weighted by molar-refractivity contribution is 5.91. The average Bonchev–Trinajstić information content (AvgIpc) is 2.41. The Morgan fingerprint density at radius 2 is 1.81 bits per heavy atom. The number of carboxylic acids is 1. The minimum atomic E-state index is -4.68. The summed E-state index contributed by atoms with van der Waals surface area (Å²) < 4.78 is 38.0. The van der Waals surface area contributed by atoms with Gasteiger partial charge < -0.3 is 15.5 Å². The number of carbonyl (C=O) groups is 1. The van der Waals surface area contributed by atoms with Gasteiger partial charge in [-0.1, -0.05) is 12.8 Å². The molecule has 0 fully saturated rings. The van der Waals surface area contributed by atoms with E-state index in [1.54, 1.807) is 0 Å². The molecule has 1 rings (SSSR count).